The van der Waals surface area contributed by atoms with Crippen molar-refractivity contribution in [3.05, 3.63) is 115 Å². The van der Waals surface area contributed by atoms with Crippen molar-refractivity contribution >= 4 is 39.0 Å². The first-order valence-electron chi connectivity index (χ1n) is 13.6. The van der Waals surface area contributed by atoms with Gasteiger partial charge in [-0.25, -0.2) is 0 Å². The second-order valence-corrected chi connectivity index (χ2v) is 13.1. The Morgan fingerprint density at radius 3 is 2.49 bits per heavy atom. The first-order valence-corrected chi connectivity index (χ1v) is 14.8. The molecule has 1 heterocycles. The number of ketones is 1. The van der Waals surface area contributed by atoms with Gasteiger partial charge in [0, 0.05) is 27.2 Å². The Bertz CT molecular complexity index is 1660. The molecule has 1 unspecified atom stereocenters. The number of rotatable bonds is 5. The number of Topliss-reactive ketones (excluding diaryl/α,β-unsaturated/α-hetero) is 1. The minimum atomic E-state index is -0.569. The summed E-state index contributed by atoms with van der Waals surface area (Å²) < 4.78 is 7.11. The molecule has 2 N–H and O–H groups in total. The molecule has 1 aliphatic carbocycles. The predicted octanol–water partition coefficient (Wildman–Crippen LogP) is 8.55. The maximum atomic E-state index is 14.0. The van der Waals surface area contributed by atoms with Crippen molar-refractivity contribution in [3.8, 4) is 11.8 Å². The molecule has 41 heavy (non-hydrogen) atoms. The smallest absolute Gasteiger partial charge is 0.162 e. The van der Waals surface area contributed by atoms with Crippen LogP contribution in [-0.2, 0) is 11.4 Å². The maximum absolute atomic E-state index is 14.0. The lowest BCUT2D eigenvalue weighted by molar-refractivity contribution is -0.118. The predicted molar refractivity (Wildman–Crippen MR) is 168 cm³/mol. The standard InChI is InChI=1S/C34H33BrClN3O2/c1-19-13-22(18-41-24-11-9-23(35)10-12-24)20(2)25(14-19)31-26(17-37)33(38)39(28-8-6-7-27(36)21(28)3)29-15-34(4,5)16-30(40)32(29)31/h6-14,31H,15-16,18,38H2,1-5H3. The van der Waals surface area contributed by atoms with E-state index in [1.165, 1.54) is 0 Å². The molecule has 0 fully saturated rings. The second kappa shape index (κ2) is 11.0. The zero-order chi connectivity index (χ0) is 29.6. The summed E-state index contributed by atoms with van der Waals surface area (Å²) in [6, 6.07) is 19.9. The van der Waals surface area contributed by atoms with E-state index in [1.807, 2.05) is 68.1 Å². The van der Waals surface area contributed by atoms with Crippen LogP contribution in [0.5, 0.6) is 5.75 Å². The van der Waals surface area contributed by atoms with Crippen molar-refractivity contribution in [1.82, 2.24) is 0 Å². The van der Waals surface area contributed by atoms with E-state index < -0.39 is 5.92 Å². The van der Waals surface area contributed by atoms with Crippen LogP contribution in [0.3, 0.4) is 0 Å². The van der Waals surface area contributed by atoms with Crippen molar-refractivity contribution in [2.75, 3.05) is 4.90 Å². The normalized spacial score (nSPS) is 18.3. The van der Waals surface area contributed by atoms with Gasteiger partial charge in [-0.1, -0.05) is 65.1 Å². The first-order chi connectivity index (χ1) is 19.4. The topological polar surface area (TPSA) is 79.3 Å². The summed E-state index contributed by atoms with van der Waals surface area (Å²) in [4.78, 5) is 15.9. The van der Waals surface area contributed by atoms with Gasteiger partial charge >= 0.3 is 0 Å². The van der Waals surface area contributed by atoms with Gasteiger partial charge in [0.25, 0.3) is 0 Å². The number of nitriles is 1. The van der Waals surface area contributed by atoms with Gasteiger partial charge < -0.3 is 10.5 Å². The summed E-state index contributed by atoms with van der Waals surface area (Å²) in [5.74, 6) is 0.568. The SMILES string of the molecule is Cc1cc(COc2ccc(Br)cc2)c(C)c(C2C(C#N)=C(N)N(c3cccc(Cl)c3C)C3=C2C(=O)CC(C)(C)C3)c1. The average Bonchev–Trinajstić information content (AvgIpc) is 2.90. The van der Waals surface area contributed by atoms with Crippen LogP contribution >= 0.6 is 27.5 Å². The number of carbonyl (C=O) groups excluding carboxylic acids is 1. The molecule has 1 aliphatic heterocycles. The highest BCUT2D eigenvalue weighted by molar-refractivity contribution is 9.10. The van der Waals surface area contributed by atoms with E-state index in [-0.39, 0.29) is 11.2 Å². The summed E-state index contributed by atoms with van der Waals surface area (Å²) in [6.45, 7) is 10.5. The Hall–Kier alpha value is -3.53. The molecule has 0 spiro atoms. The van der Waals surface area contributed by atoms with E-state index in [9.17, 15) is 10.1 Å². The zero-order valence-electron chi connectivity index (χ0n) is 23.9. The molecule has 0 aromatic heterocycles. The lowest BCUT2D eigenvalue weighted by atomic mass is 9.67. The molecule has 0 saturated carbocycles. The highest BCUT2D eigenvalue weighted by Gasteiger charge is 2.45. The second-order valence-electron chi connectivity index (χ2n) is 11.7. The highest BCUT2D eigenvalue weighted by atomic mass is 79.9. The number of allylic oxidation sites excluding steroid dienone is 3. The molecule has 1 atom stereocenters. The van der Waals surface area contributed by atoms with Crippen molar-refractivity contribution < 1.29 is 9.53 Å². The van der Waals surface area contributed by atoms with E-state index >= 15 is 0 Å². The fourth-order valence-corrected chi connectivity index (χ4v) is 6.47. The summed E-state index contributed by atoms with van der Waals surface area (Å²) >= 11 is 9.99. The largest absolute Gasteiger partial charge is 0.489 e. The van der Waals surface area contributed by atoms with Gasteiger partial charge in [0.1, 0.15) is 18.2 Å². The molecule has 7 heteroatoms. The lowest BCUT2D eigenvalue weighted by Gasteiger charge is -2.44. The highest BCUT2D eigenvalue weighted by Crippen LogP contribution is 2.51. The number of halogens is 2. The van der Waals surface area contributed by atoms with Gasteiger partial charge in [-0.15, -0.1) is 0 Å². The van der Waals surface area contributed by atoms with Crippen LogP contribution in [0.25, 0.3) is 0 Å². The Labute approximate surface area is 255 Å². The lowest BCUT2D eigenvalue weighted by Crippen LogP contribution is -2.42. The Morgan fingerprint density at radius 1 is 1.10 bits per heavy atom. The third kappa shape index (κ3) is 5.41. The van der Waals surface area contributed by atoms with Gasteiger partial charge in [-0.05, 0) is 91.3 Å². The molecular weight excluding hydrogens is 598 g/mol. The van der Waals surface area contributed by atoms with E-state index in [4.69, 9.17) is 22.1 Å². The fourth-order valence-electron chi connectivity index (χ4n) is 6.04. The number of carbonyl (C=O) groups is 1. The Kier molecular flexibility index (Phi) is 7.80. The third-order valence-electron chi connectivity index (χ3n) is 8.08. The monoisotopic (exact) mass is 629 g/mol. The number of nitrogens with two attached hydrogens (primary N) is 1. The van der Waals surface area contributed by atoms with Crippen molar-refractivity contribution in [3.63, 3.8) is 0 Å². The molecule has 5 rings (SSSR count). The molecule has 0 saturated heterocycles. The first kappa shape index (κ1) is 29.0. The van der Waals surface area contributed by atoms with Crippen LogP contribution in [0, 0.1) is 37.5 Å². The van der Waals surface area contributed by atoms with Crippen molar-refractivity contribution in [1.29, 1.82) is 5.26 Å². The van der Waals surface area contributed by atoms with Crippen LogP contribution in [0.4, 0.5) is 5.69 Å². The molecular formula is C34H33BrClN3O2. The molecule has 0 bridgehead atoms. The average molecular weight is 631 g/mol. The van der Waals surface area contributed by atoms with Crippen LogP contribution in [0.1, 0.15) is 60.4 Å². The number of nitrogens with zero attached hydrogens (tertiary/aromatic N) is 2. The van der Waals surface area contributed by atoms with Crippen molar-refractivity contribution in [2.24, 2.45) is 11.1 Å². The molecule has 210 valence electrons. The van der Waals surface area contributed by atoms with Crippen LogP contribution in [0.2, 0.25) is 5.02 Å². The minimum absolute atomic E-state index is 0.0414. The Morgan fingerprint density at radius 2 is 1.80 bits per heavy atom. The van der Waals surface area contributed by atoms with Crippen molar-refractivity contribution in [2.45, 2.75) is 60.0 Å². The maximum Gasteiger partial charge on any atom is 0.162 e. The number of ether oxygens (including phenoxy) is 1. The number of hydrogen-bond donors (Lipinski definition) is 1. The van der Waals surface area contributed by atoms with E-state index in [0.29, 0.717) is 41.4 Å². The van der Waals surface area contributed by atoms with Crippen LogP contribution in [0.15, 0.2) is 81.7 Å². The van der Waals surface area contributed by atoms with Gasteiger partial charge in [-0.2, -0.15) is 5.26 Å². The number of hydrogen-bond acceptors (Lipinski definition) is 5. The summed E-state index contributed by atoms with van der Waals surface area (Å²) in [6.07, 6.45) is 1.04. The Balaban J connectivity index is 1.69. The van der Waals surface area contributed by atoms with E-state index in [0.717, 1.165) is 49.4 Å². The summed E-state index contributed by atoms with van der Waals surface area (Å²) in [5.41, 5.74) is 14.0. The van der Waals surface area contributed by atoms with Gasteiger partial charge in [0.15, 0.2) is 5.78 Å². The number of benzene rings is 3. The third-order valence-corrected chi connectivity index (χ3v) is 9.02. The molecule has 0 radical (unpaired) electrons. The van der Waals surface area contributed by atoms with Crippen LogP contribution in [-0.4, -0.2) is 5.78 Å². The van der Waals surface area contributed by atoms with Crippen LogP contribution < -0.4 is 15.4 Å². The van der Waals surface area contributed by atoms with E-state index in [2.05, 4.69) is 48.0 Å². The van der Waals surface area contributed by atoms with Gasteiger partial charge in [0.05, 0.1) is 23.2 Å². The summed E-state index contributed by atoms with van der Waals surface area (Å²) in [5, 5.41) is 11.2. The molecule has 0 amide bonds. The minimum Gasteiger partial charge on any atom is -0.489 e. The number of aryl methyl sites for hydroxylation is 1. The van der Waals surface area contributed by atoms with Gasteiger partial charge in [-0.3, -0.25) is 9.69 Å². The molecule has 2 aliphatic rings. The molecule has 5 nitrogen and oxygen atoms in total. The molecule has 3 aromatic carbocycles. The fraction of sp³-hybridized carbons (Fsp3) is 0.294. The summed E-state index contributed by atoms with van der Waals surface area (Å²) in [7, 11) is 0. The van der Waals surface area contributed by atoms with Gasteiger partial charge in [0.2, 0.25) is 0 Å². The zero-order valence-corrected chi connectivity index (χ0v) is 26.3. The number of anilines is 1. The molecule has 3 aromatic rings. The quantitative estimate of drug-likeness (QED) is 0.306. The van der Waals surface area contributed by atoms with E-state index in [1.54, 1.807) is 0 Å².